The van der Waals surface area contributed by atoms with E-state index in [4.69, 9.17) is 4.74 Å². The fourth-order valence-corrected chi connectivity index (χ4v) is 5.18. The summed E-state index contributed by atoms with van der Waals surface area (Å²) in [6.45, 7) is 3.45. The van der Waals surface area contributed by atoms with Crippen molar-refractivity contribution in [3.05, 3.63) is 90.6 Å². The molecule has 8 nitrogen and oxygen atoms in total. The van der Waals surface area contributed by atoms with E-state index in [0.29, 0.717) is 17.4 Å². The van der Waals surface area contributed by atoms with Crippen molar-refractivity contribution in [1.29, 1.82) is 0 Å². The van der Waals surface area contributed by atoms with Gasteiger partial charge in [0.2, 0.25) is 21.9 Å². The summed E-state index contributed by atoms with van der Waals surface area (Å²) in [5, 5.41) is 2.81. The van der Waals surface area contributed by atoms with Crippen molar-refractivity contribution in [2.75, 3.05) is 25.5 Å². The lowest BCUT2D eigenvalue weighted by Gasteiger charge is -2.20. The highest BCUT2D eigenvalue weighted by Gasteiger charge is 2.26. The summed E-state index contributed by atoms with van der Waals surface area (Å²) in [5.74, 6) is 0.363. The van der Waals surface area contributed by atoms with E-state index in [0.717, 1.165) is 21.1 Å². The van der Waals surface area contributed by atoms with E-state index in [-0.39, 0.29) is 18.0 Å². The Labute approximate surface area is 211 Å². The third-order valence-electron chi connectivity index (χ3n) is 5.68. The lowest BCUT2D eigenvalue weighted by molar-refractivity contribution is -0.116. The summed E-state index contributed by atoms with van der Waals surface area (Å²) in [4.78, 5) is 17.8. The molecule has 0 fully saturated rings. The number of nitrogens with one attached hydrogen (secondary N) is 1. The first-order chi connectivity index (χ1) is 17.3. The first kappa shape index (κ1) is 25.2. The highest BCUT2D eigenvalue weighted by atomic mass is 32.2. The van der Waals surface area contributed by atoms with Gasteiger partial charge < -0.3 is 4.74 Å². The number of hydrogen-bond donors (Lipinski definition) is 1. The van der Waals surface area contributed by atoms with Crippen LogP contribution in [0.4, 0.5) is 5.95 Å². The molecule has 0 saturated heterocycles. The highest BCUT2D eigenvalue weighted by Crippen LogP contribution is 2.25. The Hall–Kier alpha value is -3.95. The molecule has 4 aromatic rings. The second kappa shape index (κ2) is 10.8. The standard InChI is InChI=1S/C27H28N4O4S/c1-4-30(36(33,34)24-15-13-23(35-3)14-16-24)19-26(32)29-27-28-25(21-10-6-5-7-11-21)18-31(27)22-12-8-9-20(2)17-22/h5-18H,4,19H2,1-3H3,(H,28,29,32). The number of rotatable bonds is 9. The minimum Gasteiger partial charge on any atom is -0.497 e. The number of aryl methyl sites for hydroxylation is 1. The van der Waals surface area contributed by atoms with Crippen molar-refractivity contribution in [2.45, 2.75) is 18.7 Å². The molecule has 0 aliphatic heterocycles. The van der Waals surface area contributed by atoms with Gasteiger partial charge in [-0.1, -0.05) is 49.4 Å². The summed E-state index contributed by atoms with van der Waals surface area (Å²) in [7, 11) is -2.37. The molecule has 1 heterocycles. The van der Waals surface area contributed by atoms with Crippen molar-refractivity contribution in [3.63, 3.8) is 0 Å². The fourth-order valence-electron chi connectivity index (χ4n) is 3.78. The lowest BCUT2D eigenvalue weighted by Crippen LogP contribution is -2.38. The number of methoxy groups -OCH3 is 1. The first-order valence-electron chi connectivity index (χ1n) is 11.5. The first-order valence-corrected chi connectivity index (χ1v) is 12.9. The van der Waals surface area contributed by atoms with Gasteiger partial charge in [0.15, 0.2) is 0 Å². The molecule has 1 aromatic heterocycles. The van der Waals surface area contributed by atoms with Crippen LogP contribution in [0.1, 0.15) is 12.5 Å². The molecule has 0 spiro atoms. The molecule has 1 N–H and O–H groups in total. The van der Waals surface area contributed by atoms with E-state index < -0.39 is 15.9 Å². The van der Waals surface area contributed by atoms with Gasteiger partial charge in [-0.2, -0.15) is 4.31 Å². The molecule has 186 valence electrons. The Kier molecular flexibility index (Phi) is 7.52. The normalized spacial score (nSPS) is 11.4. The van der Waals surface area contributed by atoms with E-state index in [1.54, 1.807) is 23.6 Å². The number of imidazole rings is 1. The molecular weight excluding hydrogens is 476 g/mol. The Morgan fingerprint density at radius 2 is 1.75 bits per heavy atom. The van der Waals surface area contributed by atoms with Gasteiger partial charge in [0.1, 0.15) is 5.75 Å². The number of sulfonamides is 1. The Morgan fingerprint density at radius 1 is 1.03 bits per heavy atom. The van der Waals surface area contributed by atoms with Crippen LogP contribution in [0.2, 0.25) is 0 Å². The Morgan fingerprint density at radius 3 is 2.39 bits per heavy atom. The zero-order chi connectivity index (χ0) is 25.7. The van der Waals surface area contributed by atoms with Crippen molar-refractivity contribution in [2.24, 2.45) is 0 Å². The minimum atomic E-state index is -3.88. The number of ether oxygens (including phenoxy) is 1. The molecule has 3 aromatic carbocycles. The van der Waals surface area contributed by atoms with Crippen LogP contribution < -0.4 is 10.1 Å². The fraction of sp³-hybridized carbons (Fsp3) is 0.185. The molecule has 1 amide bonds. The molecule has 36 heavy (non-hydrogen) atoms. The number of nitrogens with zero attached hydrogens (tertiary/aromatic N) is 3. The molecule has 0 bridgehead atoms. The van der Waals surface area contributed by atoms with Gasteiger partial charge in [-0.3, -0.25) is 14.7 Å². The number of carbonyl (C=O) groups excluding carboxylic acids is 1. The lowest BCUT2D eigenvalue weighted by atomic mass is 10.2. The van der Waals surface area contributed by atoms with Crippen LogP contribution in [0.15, 0.2) is 90.0 Å². The largest absolute Gasteiger partial charge is 0.497 e. The minimum absolute atomic E-state index is 0.0885. The smallest absolute Gasteiger partial charge is 0.243 e. The maximum Gasteiger partial charge on any atom is 0.243 e. The Balaban J connectivity index is 1.61. The molecule has 0 radical (unpaired) electrons. The highest BCUT2D eigenvalue weighted by molar-refractivity contribution is 7.89. The number of likely N-dealkylation sites (N-methyl/N-ethyl adjacent to an activating group) is 1. The number of anilines is 1. The van der Waals surface area contributed by atoms with Crippen molar-refractivity contribution in [3.8, 4) is 22.7 Å². The average Bonchev–Trinajstić information content (AvgIpc) is 3.31. The molecule has 4 rings (SSSR count). The van der Waals surface area contributed by atoms with Crippen molar-refractivity contribution < 1.29 is 17.9 Å². The average molecular weight is 505 g/mol. The number of carbonyl (C=O) groups is 1. The molecular formula is C27H28N4O4S. The second-order valence-corrected chi connectivity index (χ2v) is 10.1. The summed E-state index contributed by atoms with van der Waals surface area (Å²) in [6.07, 6.45) is 1.85. The third-order valence-corrected chi connectivity index (χ3v) is 7.61. The quantitative estimate of drug-likeness (QED) is 0.362. The molecule has 0 unspecified atom stereocenters. The zero-order valence-corrected chi connectivity index (χ0v) is 21.2. The molecule has 0 atom stereocenters. The zero-order valence-electron chi connectivity index (χ0n) is 20.4. The number of benzene rings is 3. The maximum atomic E-state index is 13.2. The van der Waals surface area contributed by atoms with E-state index >= 15 is 0 Å². The summed E-state index contributed by atoms with van der Waals surface area (Å²) < 4.78 is 34.3. The van der Waals surface area contributed by atoms with Gasteiger partial charge in [0.25, 0.3) is 0 Å². The van der Waals surface area contributed by atoms with Gasteiger partial charge in [0.05, 0.1) is 24.2 Å². The topological polar surface area (TPSA) is 93.5 Å². The molecule has 0 saturated carbocycles. The van der Waals surface area contributed by atoms with E-state index in [2.05, 4.69) is 10.3 Å². The van der Waals surface area contributed by atoms with E-state index in [1.165, 1.54) is 19.2 Å². The van der Waals surface area contributed by atoms with Crippen LogP contribution in [-0.2, 0) is 14.8 Å². The predicted octanol–water partition coefficient (Wildman–Crippen LogP) is 4.51. The van der Waals surface area contributed by atoms with Crippen LogP contribution in [0.3, 0.4) is 0 Å². The maximum absolute atomic E-state index is 13.2. The van der Waals surface area contributed by atoms with Crippen LogP contribution in [-0.4, -0.2) is 48.4 Å². The van der Waals surface area contributed by atoms with Gasteiger partial charge in [-0.15, -0.1) is 0 Å². The predicted molar refractivity (Wildman–Crippen MR) is 140 cm³/mol. The van der Waals surface area contributed by atoms with Crippen molar-refractivity contribution in [1.82, 2.24) is 13.9 Å². The second-order valence-electron chi connectivity index (χ2n) is 8.18. The van der Waals surface area contributed by atoms with Gasteiger partial charge >= 0.3 is 0 Å². The van der Waals surface area contributed by atoms with E-state index in [1.807, 2.05) is 67.7 Å². The van der Waals surface area contributed by atoms with Gasteiger partial charge in [0, 0.05) is 24.0 Å². The number of aromatic nitrogens is 2. The molecule has 0 aliphatic carbocycles. The van der Waals surface area contributed by atoms with Gasteiger partial charge in [-0.25, -0.2) is 13.4 Å². The summed E-state index contributed by atoms with van der Waals surface area (Å²) in [5.41, 5.74) is 3.47. The van der Waals surface area contributed by atoms with Crippen LogP contribution in [0.5, 0.6) is 5.75 Å². The molecule has 9 heteroatoms. The monoisotopic (exact) mass is 504 g/mol. The summed E-state index contributed by atoms with van der Waals surface area (Å²) >= 11 is 0. The van der Waals surface area contributed by atoms with E-state index in [9.17, 15) is 13.2 Å². The third kappa shape index (κ3) is 5.48. The van der Waals surface area contributed by atoms with Crippen LogP contribution in [0, 0.1) is 6.92 Å². The summed E-state index contributed by atoms with van der Waals surface area (Å²) in [6, 6.07) is 23.5. The molecule has 0 aliphatic rings. The van der Waals surface area contributed by atoms with Gasteiger partial charge in [-0.05, 0) is 48.9 Å². The van der Waals surface area contributed by atoms with Crippen molar-refractivity contribution >= 4 is 21.9 Å². The number of hydrogen-bond acceptors (Lipinski definition) is 5. The number of amides is 1. The Bertz CT molecular complexity index is 1450. The SMILES string of the molecule is CCN(CC(=O)Nc1nc(-c2ccccc2)cn1-c1cccc(C)c1)S(=O)(=O)c1ccc(OC)cc1. The van der Waals surface area contributed by atoms with Crippen LogP contribution >= 0.6 is 0 Å². The van der Waals surface area contributed by atoms with Crippen LogP contribution in [0.25, 0.3) is 16.9 Å².